The van der Waals surface area contributed by atoms with Crippen LogP contribution in [0, 0.1) is 0 Å². The van der Waals surface area contributed by atoms with Crippen LogP contribution in [0.5, 0.6) is 0 Å². The van der Waals surface area contributed by atoms with Gasteiger partial charge in [0.15, 0.2) is 5.69 Å². The van der Waals surface area contributed by atoms with Crippen molar-refractivity contribution in [1.29, 1.82) is 0 Å². The molecule has 4 aromatic rings. The van der Waals surface area contributed by atoms with E-state index in [1.165, 1.54) is 24.7 Å². The zero-order chi connectivity index (χ0) is 20.6. The number of nitrogens with zero attached hydrogens (tertiary/aromatic N) is 4. The van der Waals surface area contributed by atoms with Crippen LogP contribution >= 0.6 is 11.6 Å². The molecule has 0 bridgehead atoms. The Balaban J connectivity index is 1.80. The third-order valence-corrected chi connectivity index (χ3v) is 4.44. The van der Waals surface area contributed by atoms with Crippen LogP contribution in [0.4, 0.5) is 19.0 Å². The molecule has 0 unspecified atom stereocenters. The molecule has 1 N–H and O–H groups in total. The van der Waals surface area contributed by atoms with Crippen molar-refractivity contribution in [2.45, 2.75) is 6.18 Å². The molecule has 6 nitrogen and oxygen atoms in total. The van der Waals surface area contributed by atoms with Gasteiger partial charge >= 0.3 is 6.18 Å². The van der Waals surface area contributed by atoms with Gasteiger partial charge in [0.25, 0.3) is 5.91 Å². The van der Waals surface area contributed by atoms with Gasteiger partial charge in [-0.2, -0.15) is 13.2 Å². The normalized spacial score (nSPS) is 11.6. The minimum absolute atomic E-state index is 0.0789. The van der Waals surface area contributed by atoms with Crippen molar-refractivity contribution >= 4 is 28.8 Å². The van der Waals surface area contributed by atoms with Crippen LogP contribution in [0.1, 0.15) is 16.1 Å². The molecule has 0 aliphatic carbocycles. The molecule has 0 aliphatic heterocycles. The van der Waals surface area contributed by atoms with Gasteiger partial charge in [-0.25, -0.2) is 15.0 Å². The van der Waals surface area contributed by atoms with Crippen molar-refractivity contribution in [3.05, 3.63) is 77.5 Å². The molecular formula is C19H11ClF3N5O. The van der Waals surface area contributed by atoms with Crippen LogP contribution in [-0.4, -0.2) is 25.3 Å². The maximum atomic E-state index is 12.9. The van der Waals surface area contributed by atoms with Gasteiger partial charge in [-0.3, -0.25) is 9.20 Å². The van der Waals surface area contributed by atoms with Gasteiger partial charge in [0, 0.05) is 18.0 Å². The average molecular weight is 418 g/mol. The average Bonchev–Trinajstić information content (AvgIpc) is 3.08. The Hall–Kier alpha value is -3.46. The highest BCUT2D eigenvalue weighted by atomic mass is 35.5. The molecule has 0 spiro atoms. The third-order valence-electron chi connectivity index (χ3n) is 4.12. The number of nitrogens with one attached hydrogen (secondary N) is 1. The van der Waals surface area contributed by atoms with Gasteiger partial charge in [0.2, 0.25) is 0 Å². The Morgan fingerprint density at radius 2 is 1.97 bits per heavy atom. The molecule has 146 valence electrons. The number of rotatable bonds is 3. The number of carbonyl (C=O) groups is 1. The van der Waals surface area contributed by atoms with E-state index in [9.17, 15) is 18.0 Å². The minimum Gasteiger partial charge on any atom is -0.305 e. The van der Waals surface area contributed by atoms with Crippen molar-refractivity contribution in [3.8, 4) is 11.4 Å². The first-order valence-electron chi connectivity index (χ1n) is 8.26. The number of hydrogen-bond donors (Lipinski definition) is 1. The Morgan fingerprint density at radius 1 is 1.14 bits per heavy atom. The maximum Gasteiger partial charge on any atom is 0.416 e. The molecule has 1 aromatic carbocycles. The number of halogens is 4. The van der Waals surface area contributed by atoms with Crippen LogP contribution in [-0.2, 0) is 6.18 Å². The van der Waals surface area contributed by atoms with Crippen LogP contribution in [0.15, 0.2) is 61.2 Å². The summed E-state index contributed by atoms with van der Waals surface area (Å²) >= 11 is 6.12. The Labute approximate surface area is 167 Å². The largest absolute Gasteiger partial charge is 0.416 e. The number of amides is 1. The molecule has 10 heteroatoms. The van der Waals surface area contributed by atoms with Crippen LogP contribution in [0.25, 0.3) is 16.9 Å². The van der Waals surface area contributed by atoms with Gasteiger partial charge in [0.1, 0.15) is 18.0 Å². The lowest BCUT2D eigenvalue weighted by atomic mass is 10.1. The number of fused-ring (bicyclic) bond motifs is 1. The molecule has 0 saturated heterocycles. The summed E-state index contributed by atoms with van der Waals surface area (Å²) in [6, 6.07) is 9.61. The molecular weight excluding hydrogens is 407 g/mol. The fraction of sp³-hybridized carbons (Fsp3) is 0.0526. The number of hydrogen-bond acceptors (Lipinski definition) is 4. The number of carbonyl (C=O) groups excluding carboxylic acids is 1. The van der Waals surface area contributed by atoms with Crippen LogP contribution in [0.2, 0.25) is 5.02 Å². The Bertz CT molecular complexity index is 1210. The lowest BCUT2D eigenvalue weighted by Crippen LogP contribution is -2.13. The summed E-state index contributed by atoms with van der Waals surface area (Å²) in [7, 11) is 0. The summed E-state index contributed by atoms with van der Waals surface area (Å²) in [4.78, 5) is 24.8. The highest BCUT2D eigenvalue weighted by molar-refractivity contribution is 6.33. The second-order valence-corrected chi connectivity index (χ2v) is 6.39. The first kappa shape index (κ1) is 18.9. The number of pyridine rings is 1. The van der Waals surface area contributed by atoms with E-state index in [2.05, 4.69) is 20.3 Å². The lowest BCUT2D eigenvalue weighted by molar-refractivity contribution is -0.137. The van der Waals surface area contributed by atoms with Crippen LogP contribution in [0.3, 0.4) is 0 Å². The first-order chi connectivity index (χ1) is 13.8. The first-order valence-corrected chi connectivity index (χ1v) is 8.64. The monoisotopic (exact) mass is 417 g/mol. The Morgan fingerprint density at radius 3 is 2.66 bits per heavy atom. The summed E-state index contributed by atoms with van der Waals surface area (Å²) < 4.78 is 40.4. The quantitative estimate of drug-likeness (QED) is 0.523. The van der Waals surface area contributed by atoms with Gasteiger partial charge in [-0.1, -0.05) is 17.7 Å². The topological polar surface area (TPSA) is 72.2 Å². The summed E-state index contributed by atoms with van der Waals surface area (Å²) in [6.07, 6.45) is -0.109. The van der Waals surface area contributed by atoms with E-state index in [0.29, 0.717) is 5.52 Å². The van der Waals surface area contributed by atoms with Crippen LogP contribution < -0.4 is 5.32 Å². The zero-order valence-corrected chi connectivity index (χ0v) is 15.2. The third kappa shape index (κ3) is 3.64. The highest BCUT2D eigenvalue weighted by Gasteiger charge is 2.31. The van der Waals surface area contributed by atoms with Gasteiger partial charge < -0.3 is 5.32 Å². The van der Waals surface area contributed by atoms with Crippen molar-refractivity contribution < 1.29 is 18.0 Å². The van der Waals surface area contributed by atoms with Gasteiger partial charge in [0.05, 0.1) is 16.1 Å². The van der Waals surface area contributed by atoms with E-state index in [-0.39, 0.29) is 27.9 Å². The predicted octanol–water partition coefficient (Wildman–Crippen LogP) is 4.72. The molecule has 0 aliphatic rings. The van der Waals surface area contributed by atoms with Gasteiger partial charge in [-0.15, -0.1) is 0 Å². The standard InChI is InChI=1S/C19H11ClF3N5O/c20-13-9-11(19(21,22)23)4-5-12(13)17-27-16(14-3-1-2-8-28(14)17)18(29)26-15-6-7-24-10-25-15/h1-10H,(H,24,25,26,29). The molecule has 0 fully saturated rings. The van der Waals surface area contributed by atoms with Crippen molar-refractivity contribution in [3.63, 3.8) is 0 Å². The van der Waals surface area contributed by atoms with E-state index in [4.69, 9.17) is 11.6 Å². The van der Waals surface area contributed by atoms with E-state index >= 15 is 0 Å². The molecule has 3 aromatic heterocycles. The second-order valence-electron chi connectivity index (χ2n) is 5.98. The van der Waals surface area contributed by atoms with Gasteiger partial charge in [-0.05, 0) is 36.4 Å². The fourth-order valence-electron chi connectivity index (χ4n) is 2.81. The molecule has 0 radical (unpaired) electrons. The number of alkyl halides is 3. The maximum absolute atomic E-state index is 12.9. The van der Waals surface area contributed by atoms with Crippen molar-refractivity contribution in [2.24, 2.45) is 0 Å². The fourth-order valence-corrected chi connectivity index (χ4v) is 3.07. The SMILES string of the molecule is O=C(Nc1ccncn1)c1nc(-c2ccc(C(F)(F)F)cc2Cl)n2ccccc12. The summed E-state index contributed by atoms with van der Waals surface area (Å²) in [5.41, 5.74) is -0.0593. The van der Waals surface area contributed by atoms with Crippen molar-refractivity contribution in [2.75, 3.05) is 5.32 Å². The second kappa shape index (κ2) is 7.17. The number of benzene rings is 1. The van der Waals surface area contributed by atoms with E-state index in [0.717, 1.165) is 12.1 Å². The van der Waals surface area contributed by atoms with E-state index < -0.39 is 17.6 Å². The molecule has 4 rings (SSSR count). The number of aromatic nitrogens is 4. The lowest BCUT2D eigenvalue weighted by Gasteiger charge is -2.09. The van der Waals surface area contributed by atoms with E-state index in [1.54, 1.807) is 28.8 Å². The number of anilines is 1. The predicted molar refractivity (Wildman–Crippen MR) is 101 cm³/mol. The Kier molecular flexibility index (Phi) is 4.67. The molecule has 0 saturated carbocycles. The summed E-state index contributed by atoms with van der Waals surface area (Å²) in [6.45, 7) is 0. The summed E-state index contributed by atoms with van der Waals surface area (Å²) in [5.74, 6) is 0.00467. The minimum atomic E-state index is -4.51. The van der Waals surface area contributed by atoms with Crippen molar-refractivity contribution in [1.82, 2.24) is 19.4 Å². The van der Waals surface area contributed by atoms with E-state index in [1.807, 2.05) is 0 Å². The number of imidazole rings is 1. The summed E-state index contributed by atoms with van der Waals surface area (Å²) in [5, 5.41) is 2.48. The smallest absolute Gasteiger partial charge is 0.305 e. The highest BCUT2D eigenvalue weighted by Crippen LogP contribution is 2.35. The molecule has 0 atom stereocenters. The molecule has 29 heavy (non-hydrogen) atoms. The molecule has 1 amide bonds. The molecule has 3 heterocycles. The zero-order valence-electron chi connectivity index (χ0n) is 14.5.